The fraction of sp³-hybridized carbons (Fsp3) is 0.700. The van der Waals surface area contributed by atoms with Crippen molar-refractivity contribution in [1.82, 2.24) is 9.80 Å². The van der Waals surface area contributed by atoms with Crippen LogP contribution < -0.4 is 0 Å². The van der Waals surface area contributed by atoms with Gasteiger partial charge in [0.15, 0.2) is 0 Å². The van der Waals surface area contributed by atoms with Crippen LogP contribution in [0.1, 0.15) is 50.5 Å². The minimum Gasteiger partial charge on any atom is -0.298 e. The fourth-order valence-corrected chi connectivity index (χ4v) is 5.78. The minimum absolute atomic E-state index is 0.716. The lowest BCUT2D eigenvalue weighted by atomic mass is 9.78. The highest BCUT2D eigenvalue weighted by Gasteiger charge is 2.42. The molecular formula is C20H28Cl2N2. The average Bonchev–Trinajstić information content (AvgIpc) is 3.06. The van der Waals surface area contributed by atoms with Gasteiger partial charge < -0.3 is 0 Å². The van der Waals surface area contributed by atoms with Crippen LogP contribution in [-0.2, 0) is 6.54 Å². The van der Waals surface area contributed by atoms with E-state index >= 15 is 0 Å². The van der Waals surface area contributed by atoms with Crippen LogP contribution >= 0.6 is 23.2 Å². The second kappa shape index (κ2) is 7.53. The van der Waals surface area contributed by atoms with Gasteiger partial charge in [-0.3, -0.25) is 9.80 Å². The van der Waals surface area contributed by atoms with Crippen LogP contribution in [0.15, 0.2) is 18.2 Å². The maximum absolute atomic E-state index is 6.47. The molecule has 1 aromatic carbocycles. The zero-order chi connectivity index (χ0) is 16.5. The number of fused-ring (bicyclic) bond motifs is 1. The molecule has 0 amide bonds. The van der Waals surface area contributed by atoms with E-state index in [4.69, 9.17) is 23.2 Å². The molecular weight excluding hydrogens is 339 g/mol. The molecule has 1 saturated carbocycles. The lowest BCUT2D eigenvalue weighted by Crippen LogP contribution is -2.59. The molecule has 4 heteroatoms. The van der Waals surface area contributed by atoms with Crippen molar-refractivity contribution in [2.24, 2.45) is 5.92 Å². The number of hydrogen-bond acceptors (Lipinski definition) is 2. The predicted octanol–water partition coefficient (Wildman–Crippen LogP) is 5.22. The normalized spacial score (nSPS) is 29.8. The summed E-state index contributed by atoms with van der Waals surface area (Å²) in [6, 6.07) is 7.47. The molecule has 24 heavy (non-hydrogen) atoms. The number of halogens is 2. The van der Waals surface area contributed by atoms with Crippen molar-refractivity contribution in [3.8, 4) is 0 Å². The number of hydrogen-bond donors (Lipinski definition) is 0. The Morgan fingerprint density at radius 1 is 0.917 bits per heavy atom. The third-order valence-corrected chi connectivity index (χ3v) is 7.01. The molecule has 1 aliphatic carbocycles. The number of nitrogens with zero attached hydrogens (tertiary/aromatic N) is 2. The van der Waals surface area contributed by atoms with E-state index in [1.165, 1.54) is 70.1 Å². The van der Waals surface area contributed by atoms with E-state index in [0.29, 0.717) is 6.04 Å². The van der Waals surface area contributed by atoms with Gasteiger partial charge in [-0.05, 0) is 55.8 Å². The first-order valence-corrected chi connectivity index (χ1v) is 10.4. The topological polar surface area (TPSA) is 6.48 Å². The third kappa shape index (κ3) is 3.49. The highest BCUT2D eigenvalue weighted by atomic mass is 35.5. The van der Waals surface area contributed by atoms with Crippen molar-refractivity contribution in [2.75, 3.05) is 19.6 Å². The monoisotopic (exact) mass is 366 g/mol. The molecule has 0 spiro atoms. The molecule has 3 aliphatic rings. The zero-order valence-electron chi connectivity index (χ0n) is 14.4. The standard InChI is InChI=1S/C20H28Cl2N2/c21-17-9-8-16(18(22)13-17)14-24-12-11-23-10-4-7-19(23)20(24)15-5-2-1-3-6-15/h8-9,13,15,19-20H,1-7,10-12,14H2/t19-,20+/m0/s1. The highest BCUT2D eigenvalue weighted by molar-refractivity contribution is 6.35. The van der Waals surface area contributed by atoms with Crippen molar-refractivity contribution in [1.29, 1.82) is 0 Å². The van der Waals surface area contributed by atoms with E-state index in [1.807, 2.05) is 12.1 Å². The van der Waals surface area contributed by atoms with Crippen molar-refractivity contribution < 1.29 is 0 Å². The van der Waals surface area contributed by atoms with E-state index in [0.717, 1.165) is 28.5 Å². The molecule has 0 radical (unpaired) electrons. The van der Waals surface area contributed by atoms with Gasteiger partial charge in [0.05, 0.1) is 0 Å². The molecule has 4 rings (SSSR count). The van der Waals surface area contributed by atoms with Gasteiger partial charge in [-0.15, -0.1) is 0 Å². The molecule has 0 N–H and O–H groups in total. The van der Waals surface area contributed by atoms with Gasteiger partial charge in [0.1, 0.15) is 0 Å². The smallest absolute Gasteiger partial charge is 0.0465 e. The Hall–Kier alpha value is -0.280. The maximum Gasteiger partial charge on any atom is 0.0465 e. The van der Waals surface area contributed by atoms with E-state index in [1.54, 1.807) is 0 Å². The fourth-order valence-electron chi connectivity index (χ4n) is 5.31. The molecule has 0 unspecified atom stereocenters. The molecule has 0 aromatic heterocycles. The Morgan fingerprint density at radius 3 is 2.54 bits per heavy atom. The van der Waals surface area contributed by atoms with E-state index in [-0.39, 0.29) is 0 Å². The molecule has 2 saturated heterocycles. The van der Waals surface area contributed by atoms with Gasteiger partial charge in [-0.1, -0.05) is 48.5 Å². The second-order valence-electron chi connectivity index (χ2n) is 7.84. The van der Waals surface area contributed by atoms with Crippen molar-refractivity contribution in [2.45, 2.75) is 63.6 Å². The molecule has 3 fully saturated rings. The Balaban J connectivity index is 1.56. The van der Waals surface area contributed by atoms with Crippen LogP contribution in [0.4, 0.5) is 0 Å². The largest absolute Gasteiger partial charge is 0.298 e. The SMILES string of the molecule is Clc1ccc(CN2CCN3CCC[C@H]3[C@H]2C2CCCCC2)c(Cl)c1. The van der Waals surface area contributed by atoms with Gasteiger partial charge in [-0.25, -0.2) is 0 Å². The lowest BCUT2D eigenvalue weighted by Gasteiger charge is -2.49. The zero-order valence-corrected chi connectivity index (χ0v) is 15.9. The first kappa shape index (κ1) is 17.1. The van der Waals surface area contributed by atoms with Crippen molar-refractivity contribution in [3.05, 3.63) is 33.8 Å². The second-order valence-corrected chi connectivity index (χ2v) is 8.68. The summed E-state index contributed by atoms with van der Waals surface area (Å²) in [6.45, 7) is 4.68. The number of rotatable bonds is 3. The molecule has 2 atom stereocenters. The summed E-state index contributed by atoms with van der Waals surface area (Å²) in [5, 5.41) is 1.55. The molecule has 2 nitrogen and oxygen atoms in total. The van der Waals surface area contributed by atoms with Crippen LogP contribution in [-0.4, -0.2) is 41.5 Å². The quantitative estimate of drug-likeness (QED) is 0.723. The molecule has 1 aromatic rings. The first-order valence-electron chi connectivity index (χ1n) is 9.64. The van der Waals surface area contributed by atoms with Crippen LogP contribution in [0.5, 0.6) is 0 Å². The molecule has 2 heterocycles. The van der Waals surface area contributed by atoms with Crippen LogP contribution in [0.2, 0.25) is 10.0 Å². The van der Waals surface area contributed by atoms with Crippen LogP contribution in [0, 0.1) is 5.92 Å². The summed E-state index contributed by atoms with van der Waals surface area (Å²) in [4.78, 5) is 5.51. The van der Waals surface area contributed by atoms with E-state index in [2.05, 4.69) is 15.9 Å². The number of piperazine rings is 1. The van der Waals surface area contributed by atoms with Gasteiger partial charge in [0.25, 0.3) is 0 Å². The summed E-state index contributed by atoms with van der Waals surface area (Å²) in [6.07, 6.45) is 9.86. The van der Waals surface area contributed by atoms with Gasteiger partial charge in [-0.2, -0.15) is 0 Å². The lowest BCUT2D eigenvalue weighted by molar-refractivity contribution is -0.00378. The van der Waals surface area contributed by atoms with Gasteiger partial charge in [0.2, 0.25) is 0 Å². The average molecular weight is 367 g/mol. The van der Waals surface area contributed by atoms with Crippen LogP contribution in [0.3, 0.4) is 0 Å². The summed E-state index contributed by atoms with van der Waals surface area (Å²) in [5.41, 5.74) is 1.23. The molecule has 132 valence electrons. The number of benzene rings is 1. The highest BCUT2D eigenvalue weighted by Crippen LogP contribution is 2.38. The molecule has 0 bridgehead atoms. The Morgan fingerprint density at radius 2 is 1.75 bits per heavy atom. The minimum atomic E-state index is 0.716. The Labute approximate surface area is 156 Å². The van der Waals surface area contributed by atoms with Crippen molar-refractivity contribution >= 4 is 23.2 Å². The van der Waals surface area contributed by atoms with E-state index in [9.17, 15) is 0 Å². The third-order valence-electron chi connectivity index (χ3n) is 6.43. The maximum atomic E-state index is 6.47. The summed E-state index contributed by atoms with van der Waals surface area (Å²) < 4.78 is 0. The summed E-state index contributed by atoms with van der Waals surface area (Å²) in [5.74, 6) is 0.871. The molecule has 2 aliphatic heterocycles. The van der Waals surface area contributed by atoms with Crippen molar-refractivity contribution in [3.63, 3.8) is 0 Å². The Bertz CT molecular complexity index is 571. The first-order chi connectivity index (χ1) is 11.7. The van der Waals surface area contributed by atoms with E-state index < -0.39 is 0 Å². The Kier molecular flexibility index (Phi) is 5.38. The van der Waals surface area contributed by atoms with Gasteiger partial charge >= 0.3 is 0 Å². The van der Waals surface area contributed by atoms with Gasteiger partial charge in [0, 0.05) is 41.8 Å². The summed E-state index contributed by atoms with van der Waals surface area (Å²) >= 11 is 12.6. The summed E-state index contributed by atoms with van der Waals surface area (Å²) in [7, 11) is 0. The van der Waals surface area contributed by atoms with Crippen LogP contribution in [0.25, 0.3) is 0 Å². The predicted molar refractivity (Wildman–Crippen MR) is 102 cm³/mol.